The summed E-state index contributed by atoms with van der Waals surface area (Å²) < 4.78 is 45.1. The van der Waals surface area contributed by atoms with Crippen LogP contribution in [0, 0.1) is 0 Å². The van der Waals surface area contributed by atoms with E-state index in [1.165, 1.54) is 24.3 Å². The largest absolute Gasteiger partial charge is 0.491 e. The van der Waals surface area contributed by atoms with Gasteiger partial charge in [-0.2, -0.15) is 18.3 Å². The molecule has 0 radical (unpaired) electrons. The number of aromatic nitrogens is 2. The molecular formula is C16H16F3N3O2. The van der Waals surface area contributed by atoms with Gasteiger partial charge in [0.2, 0.25) is 5.91 Å². The Hall–Kier alpha value is -2.77. The number of halogens is 3. The number of nitrogens with zero attached hydrogens (tertiary/aromatic N) is 2. The second kappa shape index (κ2) is 7.67. The van der Waals surface area contributed by atoms with Gasteiger partial charge in [-0.1, -0.05) is 12.1 Å². The highest BCUT2D eigenvalue weighted by Gasteiger charge is 2.33. The van der Waals surface area contributed by atoms with Gasteiger partial charge in [0, 0.05) is 24.9 Å². The third kappa shape index (κ3) is 5.15. The molecule has 2 aromatic rings. The number of hydrogen-bond donors (Lipinski definition) is 1. The first-order valence-electron chi connectivity index (χ1n) is 7.10. The predicted molar refractivity (Wildman–Crippen MR) is 82.2 cm³/mol. The summed E-state index contributed by atoms with van der Waals surface area (Å²) in [6.07, 6.45) is 1.76. The average Bonchev–Trinajstić information content (AvgIpc) is 2.94. The van der Waals surface area contributed by atoms with Crippen LogP contribution in [-0.2, 0) is 18.0 Å². The Morgan fingerprint density at radius 1 is 1.38 bits per heavy atom. The fraction of sp³-hybridized carbons (Fsp3) is 0.250. The SMILES string of the molecule is Cn1cc(/C=C\C(=O)NCCOc2ccccc2C(F)(F)F)cn1. The van der Waals surface area contributed by atoms with E-state index in [0.717, 1.165) is 11.6 Å². The molecule has 5 nitrogen and oxygen atoms in total. The van der Waals surface area contributed by atoms with Crippen molar-refractivity contribution in [1.29, 1.82) is 0 Å². The molecule has 24 heavy (non-hydrogen) atoms. The summed E-state index contributed by atoms with van der Waals surface area (Å²) in [5.41, 5.74) is -0.0733. The van der Waals surface area contributed by atoms with Crippen molar-refractivity contribution in [1.82, 2.24) is 15.1 Å². The Bertz CT molecular complexity index is 723. The Balaban J connectivity index is 1.79. The highest BCUT2D eigenvalue weighted by Crippen LogP contribution is 2.35. The summed E-state index contributed by atoms with van der Waals surface area (Å²) in [7, 11) is 1.76. The van der Waals surface area contributed by atoms with Crippen LogP contribution in [0.2, 0.25) is 0 Å². The number of hydrogen-bond acceptors (Lipinski definition) is 3. The van der Waals surface area contributed by atoms with Gasteiger partial charge in [-0.25, -0.2) is 0 Å². The molecule has 0 saturated carbocycles. The van der Waals surface area contributed by atoms with Crippen LogP contribution in [0.1, 0.15) is 11.1 Å². The van der Waals surface area contributed by atoms with Crippen LogP contribution in [0.5, 0.6) is 5.75 Å². The zero-order chi connectivity index (χ0) is 17.6. The highest BCUT2D eigenvalue weighted by molar-refractivity contribution is 5.91. The van der Waals surface area contributed by atoms with E-state index in [9.17, 15) is 18.0 Å². The number of carbonyl (C=O) groups excluding carboxylic acids is 1. The minimum atomic E-state index is -4.48. The summed E-state index contributed by atoms with van der Waals surface area (Å²) in [6, 6.07) is 4.94. The molecule has 128 valence electrons. The van der Waals surface area contributed by atoms with E-state index in [0.29, 0.717) is 0 Å². The maximum absolute atomic E-state index is 12.8. The lowest BCUT2D eigenvalue weighted by molar-refractivity contribution is -0.139. The standard InChI is InChI=1S/C16H16F3N3O2/c1-22-11-12(10-21-22)6-7-15(23)20-8-9-24-14-5-3-2-4-13(14)16(17,18)19/h2-7,10-11H,8-9H2,1H3,(H,20,23)/b7-6-. The summed E-state index contributed by atoms with van der Waals surface area (Å²) in [6.45, 7) is 0.0158. The second-order valence-corrected chi connectivity index (χ2v) is 4.91. The Morgan fingerprint density at radius 2 is 2.12 bits per heavy atom. The second-order valence-electron chi connectivity index (χ2n) is 4.91. The van der Waals surface area contributed by atoms with Gasteiger partial charge in [0.15, 0.2) is 0 Å². The summed E-state index contributed by atoms with van der Waals surface area (Å²) in [5.74, 6) is -0.628. The van der Waals surface area contributed by atoms with Gasteiger partial charge in [0.05, 0.1) is 18.3 Å². The summed E-state index contributed by atoms with van der Waals surface area (Å²) >= 11 is 0. The van der Waals surface area contributed by atoms with Gasteiger partial charge >= 0.3 is 6.18 Å². The van der Waals surface area contributed by atoms with Crippen LogP contribution >= 0.6 is 0 Å². The van der Waals surface area contributed by atoms with Crippen molar-refractivity contribution in [3.63, 3.8) is 0 Å². The van der Waals surface area contributed by atoms with Crippen LogP contribution in [-0.4, -0.2) is 28.8 Å². The van der Waals surface area contributed by atoms with Gasteiger partial charge < -0.3 is 10.1 Å². The minimum Gasteiger partial charge on any atom is -0.491 e. The Labute approximate surface area is 136 Å². The van der Waals surface area contributed by atoms with Crippen molar-refractivity contribution in [2.24, 2.45) is 7.05 Å². The molecule has 0 atom stereocenters. The lowest BCUT2D eigenvalue weighted by Crippen LogP contribution is -2.26. The highest BCUT2D eigenvalue weighted by atomic mass is 19.4. The van der Waals surface area contributed by atoms with Crippen LogP contribution in [0.25, 0.3) is 6.08 Å². The Morgan fingerprint density at radius 3 is 2.79 bits per heavy atom. The molecule has 1 heterocycles. The maximum atomic E-state index is 12.8. The molecule has 2 rings (SSSR count). The van der Waals surface area contributed by atoms with Crippen LogP contribution < -0.4 is 10.1 Å². The zero-order valence-electron chi connectivity index (χ0n) is 12.9. The summed E-state index contributed by atoms with van der Waals surface area (Å²) in [5, 5.41) is 6.48. The topological polar surface area (TPSA) is 56.2 Å². The average molecular weight is 339 g/mol. The number of amides is 1. The first-order chi connectivity index (χ1) is 11.4. The van der Waals surface area contributed by atoms with E-state index in [-0.39, 0.29) is 24.8 Å². The molecule has 0 unspecified atom stereocenters. The van der Waals surface area contributed by atoms with E-state index in [2.05, 4.69) is 10.4 Å². The maximum Gasteiger partial charge on any atom is 0.419 e. The number of ether oxygens (including phenoxy) is 1. The molecule has 0 bridgehead atoms. The van der Waals surface area contributed by atoms with Crippen molar-refractivity contribution in [2.45, 2.75) is 6.18 Å². The van der Waals surface area contributed by atoms with Crippen molar-refractivity contribution in [3.05, 3.63) is 53.9 Å². The normalized spacial score (nSPS) is 11.7. The predicted octanol–water partition coefficient (Wildman–Crippen LogP) is 2.65. The van der Waals surface area contributed by atoms with Gasteiger partial charge in [0.25, 0.3) is 0 Å². The van der Waals surface area contributed by atoms with Crippen molar-refractivity contribution >= 4 is 12.0 Å². The first kappa shape index (κ1) is 17.6. The molecular weight excluding hydrogens is 323 g/mol. The molecule has 0 spiro atoms. The van der Waals surface area contributed by atoms with E-state index in [4.69, 9.17) is 4.74 Å². The number of rotatable bonds is 6. The van der Waals surface area contributed by atoms with Crippen molar-refractivity contribution in [2.75, 3.05) is 13.2 Å². The van der Waals surface area contributed by atoms with E-state index < -0.39 is 11.7 Å². The molecule has 1 amide bonds. The Kier molecular flexibility index (Phi) is 5.62. The van der Waals surface area contributed by atoms with E-state index in [1.54, 1.807) is 30.2 Å². The third-order valence-corrected chi connectivity index (χ3v) is 3.00. The van der Waals surface area contributed by atoms with Crippen molar-refractivity contribution in [3.8, 4) is 5.75 Å². The molecule has 8 heteroatoms. The summed E-state index contributed by atoms with van der Waals surface area (Å²) in [4.78, 5) is 11.6. The lowest BCUT2D eigenvalue weighted by Gasteiger charge is -2.13. The van der Waals surface area contributed by atoms with E-state index >= 15 is 0 Å². The van der Waals surface area contributed by atoms with Gasteiger partial charge in [-0.05, 0) is 18.2 Å². The van der Waals surface area contributed by atoms with Gasteiger partial charge in [-0.3, -0.25) is 9.48 Å². The van der Waals surface area contributed by atoms with E-state index in [1.807, 2.05) is 0 Å². The molecule has 0 aliphatic rings. The molecule has 0 aliphatic heterocycles. The third-order valence-electron chi connectivity index (χ3n) is 3.00. The minimum absolute atomic E-state index is 0.0699. The number of alkyl halides is 3. The molecule has 1 aromatic carbocycles. The first-order valence-corrected chi connectivity index (χ1v) is 7.10. The number of nitrogens with one attached hydrogen (secondary N) is 1. The number of para-hydroxylation sites is 1. The quantitative estimate of drug-likeness (QED) is 0.650. The fourth-order valence-electron chi connectivity index (χ4n) is 1.92. The number of aryl methyl sites for hydroxylation is 1. The fourth-order valence-corrected chi connectivity index (χ4v) is 1.92. The van der Waals surface area contributed by atoms with Crippen LogP contribution in [0.3, 0.4) is 0 Å². The zero-order valence-corrected chi connectivity index (χ0v) is 12.9. The molecule has 0 aliphatic carbocycles. The lowest BCUT2D eigenvalue weighted by atomic mass is 10.2. The van der Waals surface area contributed by atoms with Gasteiger partial charge in [0.1, 0.15) is 12.4 Å². The number of benzene rings is 1. The van der Waals surface area contributed by atoms with Crippen molar-refractivity contribution < 1.29 is 22.7 Å². The van der Waals surface area contributed by atoms with Crippen LogP contribution in [0.4, 0.5) is 13.2 Å². The molecule has 0 fully saturated rings. The molecule has 0 saturated heterocycles. The monoisotopic (exact) mass is 339 g/mol. The van der Waals surface area contributed by atoms with Crippen LogP contribution in [0.15, 0.2) is 42.7 Å². The molecule has 1 N–H and O–H groups in total. The number of carbonyl (C=O) groups is 1. The smallest absolute Gasteiger partial charge is 0.419 e. The van der Waals surface area contributed by atoms with Gasteiger partial charge in [-0.15, -0.1) is 0 Å². The molecule has 1 aromatic heterocycles.